The van der Waals surface area contributed by atoms with Crippen molar-refractivity contribution in [3.8, 4) is 5.75 Å². The Morgan fingerprint density at radius 1 is 1.12 bits per heavy atom. The van der Waals surface area contributed by atoms with Gasteiger partial charge in [0, 0.05) is 37.3 Å². The van der Waals surface area contributed by atoms with E-state index in [1.807, 2.05) is 48.1 Å². The predicted octanol–water partition coefficient (Wildman–Crippen LogP) is 4.24. The first-order valence-corrected chi connectivity index (χ1v) is 11.2. The smallest absolute Gasteiger partial charge is 0.158 e. The van der Waals surface area contributed by atoms with Gasteiger partial charge in [0.15, 0.2) is 17.3 Å². The van der Waals surface area contributed by atoms with Gasteiger partial charge in [-0.15, -0.1) is 10.2 Å². The average molecular weight is 475 g/mol. The number of fused-ring (bicyclic) bond motifs is 3. The molecule has 0 unspecified atom stereocenters. The average Bonchev–Trinajstić information content (AvgIpc) is 3.27. The first kappa shape index (κ1) is 21.8. The highest BCUT2D eigenvalue weighted by Crippen LogP contribution is 2.35. The van der Waals surface area contributed by atoms with Crippen molar-refractivity contribution in [2.24, 2.45) is 0 Å². The molecule has 3 N–H and O–H groups in total. The Morgan fingerprint density at radius 3 is 2.74 bits per heavy atom. The zero-order chi connectivity index (χ0) is 23.7. The van der Waals surface area contributed by atoms with Crippen LogP contribution in [0.3, 0.4) is 0 Å². The molecule has 9 nitrogen and oxygen atoms in total. The molecule has 0 aliphatic rings. The third-order valence-corrected chi connectivity index (χ3v) is 5.98. The molecule has 4 heterocycles. The van der Waals surface area contributed by atoms with E-state index in [0.717, 1.165) is 38.6 Å². The van der Waals surface area contributed by atoms with Crippen LogP contribution in [-0.2, 0) is 19.5 Å². The maximum atomic E-state index is 6.39. The molecule has 5 rings (SSSR count). The molecule has 0 spiro atoms. The lowest BCUT2D eigenvalue weighted by Crippen LogP contribution is -2.09. The number of nitrogens with one attached hydrogen (secondary N) is 1. The molecule has 0 fully saturated rings. The third-order valence-electron chi connectivity index (χ3n) is 5.68. The Morgan fingerprint density at radius 2 is 2.00 bits per heavy atom. The Kier molecular flexibility index (Phi) is 5.85. The van der Waals surface area contributed by atoms with Gasteiger partial charge in [0.2, 0.25) is 0 Å². The lowest BCUT2D eigenvalue weighted by atomic mass is 10.0. The van der Waals surface area contributed by atoms with Crippen molar-refractivity contribution in [2.75, 3.05) is 18.2 Å². The van der Waals surface area contributed by atoms with Crippen molar-refractivity contribution >= 4 is 45.0 Å². The molecule has 0 bridgehead atoms. The number of methoxy groups -OCH3 is 1. The van der Waals surface area contributed by atoms with Crippen LogP contribution in [0, 0.1) is 0 Å². The largest absolute Gasteiger partial charge is 0.495 e. The molecule has 0 aliphatic heterocycles. The van der Waals surface area contributed by atoms with E-state index >= 15 is 0 Å². The number of benzene rings is 1. The second kappa shape index (κ2) is 9.11. The minimum atomic E-state index is 0.332. The van der Waals surface area contributed by atoms with Crippen LogP contribution < -0.4 is 15.8 Å². The highest BCUT2D eigenvalue weighted by molar-refractivity contribution is 6.32. The second-order valence-corrected chi connectivity index (χ2v) is 8.21. The molecule has 0 amide bonds. The van der Waals surface area contributed by atoms with Gasteiger partial charge in [-0.3, -0.25) is 4.98 Å². The SMILES string of the molecule is CCn1ncc2c3c(N)nnc(NCc4cccnc4)c3c(Cc3ccc(OC)c(Cl)c3)nc21. The van der Waals surface area contributed by atoms with Crippen molar-refractivity contribution in [1.29, 1.82) is 0 Å². The summed E-state index contributed by atoms with van der Waals surface area (Å²) < 4.78 is 7.15. The number of aromatic nitrogens is 6. The molecular weight excluding hydrogens is 452 g/mol. The summed E-state index contributed by atoms with van der Waals surface area (Å²) in [6.45, 7) is 3.23. The van der Waals surface area contributed by atoms with E-state index in [4.69, 9.17) is 27.1 Å². The van der Waals surface area contributed by atoms with Crippen LogP contribution in [-0.4, -0.2) is 37.1 Å². The van der Waals surface area contributed by atoms with E-state index in [2.05, 4.69) is 25.6 Å². The first-order valence-electron chi connectivity index (χ1n) is 10.8. The molecule has 34 heavy (non-hydrogen) atoms. The van der Waals surface area contributed by atoms with Crippen molar-refractivity contribution in [1.82, 2.24) is 29.9 Å². The number of hydrogen-bond donors (Lipinski definition) is 2. The van der Waals surface area contributed by atoms with Gasteiger partial charge in [-0.05, 0) is 36.2 Å². The number of rotatable bonds is 7. The number of nitrogens with zero attached hydrogens (tertiary/aromatic N) is 6. The lowest BCUT2D eigenvalue weighted by Gasteiger charge is -2.14. The van der Waals surface area contributed by atoms with E-state index in [0.29, 0.717) is 41.9 Å². The van der Waals surface area contributed by atoms with Crippen LogP contribution in [0.1, 0.15) is 23.7 Å². The second-order valence-electron chi connectivity index (χ2n) is 7.80. The van der Waals surface area contributed by atoms with Crippen LogP contribution in [0.15, 0.2) is 48.9 Å². The molecule has 4 aromatic heterocycles. The summed E-state index contributed by atoms with van der Waals surface area (Å²) >= 11 is 6.39. The molecule has 0 saturated carbocycles. The number of aryl methyl sites for hydroxylation is 1. The fourth-order valence-electron chi connectivity index (χ4n) is 4.05. The zero-order valence-electron chi connectivity index (χ0n) is 18.8. The van der Waals surface area contributed by atoms with Gasteiger partial charge in [0.1, 0.15) is 5.75 Å². The van der Waals surface area contributed by atoms with Gasteiger partial charge in [-0.1, -0.05) is 23.7 Å². The number of nitrogen functional groups attached to an aromatic ring is 1. The molecule has 5 aromatic rings. The van der Waals surface area contributed by atoms with E-state index in [-0.39, 0.29) is 0 Å². The lowest BCUT2D eigenvalue weighted by molar-refractivity contribution is 0.415. The first-order chi connectivity index (χ1) is 16.6. The van der Waals surface area contributed by atoms with Gasteiger partial charge < -0.3 is 15.8 Å². The summed E-state index contributed by atoms with van der Waals surface area (Å²) in [5.41, 5.74) is 9.91. The normalized spacial score (nSPS) is 11.3. The fraction of sp³-hybridized carbons (Fsp3) is 0.208. The standard InChI is InChI=1S/C24H23ClN8O/c1-3-33-24-16(13-29-33)20-21(18(30-24)10-14-6-7-19(34-2)17(25)9-14)23(32-31-22(20)26)28-12-15-5-4-8-27-11-15/h4-9,11,13H,3,10,12H2,1-2H3,(H2,26,31)(H,28,32). The van der Waals surface area contributed by atoms with Crippen molar-refractivity contribution in [3.63, 3.8) is 0 Å². The summed E-state index contributed by atoms with van der Waals surface area (Å²) in [5.74, 6) is 1.55. The fourth-order valence-corrected chi connectivity index (χ4v) is 4.33. The number of nitrogens with two attached hydrogens (primary N) is 1. The van der Waals surface area contributed by atoms with Gasteiger partial charge >= 0.3 is 0 Å². The number of pyridine rings is 2. The molecule has 0 aliphatic carbocycles. The zero-order valence-corrected chi connectivity index (χ0v) is 19.5. The minimum absolute atomic E-state index is 0.332. The van der Waals surface area contributed by atoms with Crippen LogP contribution in [0.2, 0.25) is 5.02 Å². The Hall–Kier alpha value is -3.98. The number of hydrogen-bond acceptors (Lipinski definition) is 8. The number of halogens is 1. The van der Waals surface area contributed by atoms with E-state index < -0.39 is 0 Å². The van der Waals surface area contributed by atoms with E-state index in [9.17, 15) is 0 Å². The number of anilines is 2. The van der Waals surface area contributed by atoms with Crippen molar-refractivity contribution in [3.05, 3.63) is 70.8 Å². The summed E-state index contributed by atoms with van der Waals surface area (Å²) in [7, 11) is 1.59. The molecular formula is C24H23ClN8O. The van der Waals surface area contributed by atoms with Crippen molar-refractivity contribution in [2.45, 2.75) is 26.4 Å². The minimum Gasteiger partial charge on any atom is -0.495 e. The Labute approximate surface area is 200 Å². The topological polar surface area (TPSA) is 117 Å². The quantitative estimate of drug-likeness (QED) is 0.360. The molecule has 0 radical (unpaired) electrons. The predicted molar refractivity (Wildman–Crippen MR) is 133 cm³/mol. The molecule has 1 aromatic carbocycles. The molecule has 0 atom stereocenters. The molecule has 172 valence electrons. The summed E-state index contributed by atoms with van der Waals surface area (Å²) in [5, 5.41) is 19.5. The van der Waals surface area contributed by atoms with Crippen LogP contribution in [0.25, 0.3) is 21.8 Å². The molecule has 0 saturated heterocycles. The van der Waals surface area contributed by atoms with Gasteiger partial charge in [-0.2, -0.15) is 5.10 Å². The third kappa shape index (κ3) is 3.94. The monoisotopic (exact) mass is 474 g/mol. The highest BCUT2D eigenvalue weighted by Gasteiger charge is 2.20. The maximum absolute atomic E-state index is 6.39. The van der Waals surface area contributed by atoms with Crippen LogP contribution in [0.4, 0.5) is 11.6 Å². The summed E-state index contributed by atoms with van der Waals surface area (Å²) in [6.07, 6.45) is 5.84. The van der Waals surface area contributed by atoms with E-state index in [1.54, 1.807) is 19.5 Å². The molecule has 10 heteroatoms. The van der Waals surface area contributed by atoms with Crippen molar-refractivity contribution < 1.29 is 4.74 Å². The highest BCUT2D eigenvalue weighted by atomic mass is 35.5. The van der Waals surface area contributed by atoms with Crippen LogP contribution >= 0.6 is 11.6 Å². The maximum Gasteiger partial charge on any atom is 0.158 e. The Balaban J connectivity index is 1.68. The van der Waals surface area contributed by atoms with Gasteiger partial charge in [-0.25, -0.2) is 9.67 Å². The van der Waals surface area contributed by atoms with Gasteiger partial charge in [0.05, 0.1) is 34.8 Å². The van der Waals surface area contributed by atoms with Crippen LogP contribution in [0.5, 0.6) is 5.75 Å². The number of ether oxygens (including phenoxy) is 1. The van der Waals surface area contributed by atoms with E-state index in [1.165, 1.54) is 0 Å². The summed E-state index contributed by atoms with van der Waals surface area (Å²) in [6, 6.07) is 9.60. The summed E-state index contributed by atoms with van der Waals surface area (Å²) in [4.78, 5) is 9.19. The van der Waals surface area contributed by atoms with Gasteiger partial charge in [0.25, 0.3) is 0 Å². The Bertz CT molecular complexity index is 1490.